The Labute approximate surface area is 225 Å². The Morgan fingerprint density at radius 3 is 2.18 bits per heavy atom. The zero-order valence-electron chi connectivity index (χ0n) is 21.0. The van der Waals surface area contributed by atoms with Gasteiger partial charge in [0.25, 0.3) is 15.9 Å². The summed E-state index contributed by atoms with van der Waals surface area (Å²) in [6, 6.07) is 19.2. The molecule has 200 valence electrons. The Hall–Kier alpha value is -4.03. The van der Waals surface area contributed by atoms with Gasteiger partial charge < -0.3 is 20.1 Å². The van der Waals surface area contributed by atoms with Crippen molar-refractivity contribution in [3.8, 4) is 5.75 Å². The molecule has 0 bridgehead atoms. The van der Waals surface area contributed by atoms with Gasteiger partial charge in [-0.25, -0.2) is 13.2 Å². The van der Waals surface area contributed by atoms with E-state index in [1.807, 2.05) is 18.4 Å². The van der Waals surface area contributed by atoms with Crippen LogP contribution in [-0.2, 0) is 29.1 Å². The number of sulfonamides is 1. The summed E-state index contributed by atoms with van der Waals surface area (Å²) in [5, 5.41) is 5.28. The Morgan fingerprint density at radius 2 is 1.55 bits per heavy atom. The van der Waals surface area contributed by atoms with Crippen molar-refractivity contribution in [2.24, 2.45) is 0 Å². The topological polar surface area (TPSA) is 131 Å². The number of para-hydroxylation sites is 1. The van der Waals surface area contributed by atoms with Crippen LogP contribution in [0.15, 0.2) is 82.6 Å². The third kappa shape index (κ3) is 7.73. The Kier molecular flexibility index (Phi) is 9.74. The van der Waals surface area contributed by atoms with Crippen LogP contribution in [0.1, 0.15) is 6.92 Å². The van der Waals surface area contributed by atoms with Crippen molar-refractivity contribution in [2.75, 3.05) is 41.5 Å². The smallest absolute Gasteiger partial charge is 0.344 e. The van der Waals surface area contributed by atoms with E-state index < -0.39 is 35.1 Å². The summed E-state index contributed by atoms with van der Waals surface area (Å²) in [6.07, 6.45) is 1.89. The number of carbonyl (C=O) groups is 3. The van der Waals surface area contributed by atoms with Crippen LogP contribution in [-0.4, -0.2) is 52.7 Å². The van der Waals surface area contributed by atoms with E-state index in [9.17, 15) is 22.8 Å². The first-order chi connectivity index (χ1) is 18.1. The van der Waals surface area contributed by atoms with Gasteiger partial charge in [-0.3, -0.25) is 13.9 Å². The number of amides is 2. The van der Waals surface area contributed by atoms with Crippen molar-refractivity contribution in [3.05, 3.63) is 72.8 Å². The number of ether oxygens (including phenoxy) is 2. The lowest BCUT2D eigenvalue weighted by atomic mass is 10.3. The zero-order valence-corrected chi connectivity index (χ0v) is 22.6. The van der Waals surface area contributed by atoms with Crippen LogP contribution in [0.4, 0.5) is 17.1 Å². The highest BCUT2D eigenvalue weighted by Crippen LogP contribution is 2.26. The van der Waals surface area contributed by atoms with Crippen molar-refractivity contribution in [2.45, 2.75) is 16.7 Å². The number of hydrogen-bond acceptors (Lipinski definition) is 8. The third-order valence-electron chi connectivity index (χ3n) is 5.14. The highest BCUT2D eigenvalue weighted by Gasteiger charge is 2.21. The van der Waals surface area contributed by atoms with Crippen LogP contribution in [0.2, 0.25) is 0 Å². The number of benzene rings is 3. The van der Waals surface area contributed by atoms with Crippen molar-refractivity contribution >= 4 is 56.6 Å². The lowest BCUT2D eigenvalue weighted by Gasteiger charge is -2.20. The van der Waals surface area contributed by atoms with Crippen LogP contribution >= 0.6 is 11.8 Å². The number of carbonyl (C=O) groups excluding carboxylic acids is 3. The Balaban J connectivity index is 1.50. The van der Waals surface area contributed by atoms with E-state index >= 15 is 0 Å². The third-order valence-corrected chi connectivity index (χ3v) is 7.73. The molecule has 10 nitrogen and oxygen atoms in total. The van der Waals surface area contributed by atoms with Gasteiger partial charge in [-0.15, -0.1) is 11.8 Å². The van der Waals surface area contributed by atoms with E-state index in [2.05, 4.69) is 10.6 Å². The molecule has 0 aromatic heterocycles. The van der Waals surface area contributed by atoms with E-state index in [0.29, 0.717) is 22.8 Å². The molecule has 0 saturated carbocycles. The molecule has 3 aromatic carbocycles. The number of nitrogens with one attached hydrogen (secondary N) is 2. The number of anilines is 3. The summed E-state index contributed by atoms with van der Waals surface area (Å²) in [5.74, 6) is -1.15. The SMILES string of the molecule is CSc1ccccc1NC(=O)COC(=O)COc1ccc(N(C)S(=O)(=O)c2ccc(NC(C)=O)cc2)cc1. The van der Waals surface area contributed by atoms with Crippen LogP contribution in [0.3, 0.4) is 0 Å². The van der Waals surface area contributed by atoms with Crippen LogP contribution in [0.25, 0.3) is 0 Å². The molecule has 0 saturated heterocycles. The molecule has 0 heterocycles. The van der Waals surface area contributed by atoms with Gasteiger partial charge >= 0.3 is 5.97 Å². The van der Waals surface area contributed by atoms with E-state index in [-0.39, 0.29) is 10.8 Å². The fraction of sp³-hybridized carbons (Fsp3) is 0.192. The first-order valence-electron chi connectivity index (χ1n) is 11.3. The molecule has 0 aliphatic carbocycles. The molecule has 0 atom stereocenters. The van der Waals surface area contributed by atoms with Gasteiger partial charge in [0, 0.05) is 24.6 Å². The molecule has 2 N–H and O–H groups in total. The lowest BCUT2D eigenvalue weighted by molar-refractivity contribution is -0.149. The standard InChI is InChI=1S/C26H27N3O7S2/c1-18(30)27-19-8-14-22(15-9-19)38(33,34)29(2)20-10-12-21(13-11-20)35-17-26(32)36-16-25(31)28-23-6-4-5-7-24(23)37-3/h4-15H,16-17H2,1-3H3,(H,27,30)(H,28,31). The van der Waals surface area contributed by atoms with Crippen molar-refractivity contribution < 1.29 is 32.3 Å². The molecule has 38 heavy (non-hydrogen) atoms. The molecule has 0 radical (unpaired) electrons. The quantitative estimate of drug-likeness (QED) is 0.269. The second-order valence-electron chi connectivity index (χ2n) is 7.87. The minimum atomic E-state index is -3.85. The minimum absolute atomic E-state index is 0.0538. The van der Waals surface area contributed by atoms with Gasteiger partial charge in [-0.1, -0.05) is 12.1 Å². The zero-order chi connectivity index (χ0) is 27.7. The van der Waals surface area contributed by atoms with E-state index in [1.54, 1.807) is 12.1 Å². The Morgan fingerprint density at radius 1 is 0.895 bits per heavy atom. The molecule has 0 unspecified atom stereocenters. The molecular weight excluding hydrogens is 530 g/mol. The summed E-state index contributed by atoms with van der Waals surface area (Å²) >= 11 is 1.48. The molecule has 0 fully saturated rings. The van der Waals surface area contributed by atoms with Gasteiger partial charge in [0.1, 0.15) is 5.75 Å². The average Bonchev–Trinajstić information content (AvgIpc) is 2.91. The molecule has 0 spiro atoms. The Bertz CT molecular complexity index is 1390. The summed E-state index contributed by atoms with van der Waals surface area (Å²) in [5.41, 5.74) is 1.49. The first-order valence-corrected chi connectivity index (χ1v) is 13.9. The van der Waals surface area contributed by atoms with Crippen molar-refractivity contribution in [1.82, 2.24) is 0 Å². The highest BCUT2D eigenvalue weighted by molar-refractivity contribution is 7.98. The van der Waals surface area contributed by atoms with Crippen LogP contribution in [0.5, 0.6) is 5.75 Å². The van der Waals surface area contributed by atoms with Crippen molar-refractivity contribution in [3.63, 3.8) is 0 Å². The molecule has 3 rings (SSSR count). The number of thioether (sulfide) groups is 1. The number of esters is 1. The highest BCUT2D eigenvalue weighted by atomic mass is 32.2. The van der Waals surface area contributed by atoms with Crippen molar-refractivity contribution in [1.29, 1.82) is 0 Å². The maximum Gasteiger partial charge on any atom is 0.344 e. The van der Waals surface area contributed by atoms with Gasteiger partial charge in [0.05, 0.1) is 16.3 Å². The summed E-state index contributed by atoms with van der Waals surface area (Å²) in [7, 11) is -2.44. The summed E-state index contributed by atoms with van der Waals surface area (Å²) in [4.78, 5) is 36.2. The predicted molar refractivity (Wildman–Crippen MR) is 146 cm³/mol. The monoisotopic (exact) mass is 557 g/mol. The molecule has 3 aromatic rings. The molecule has 0 aliphatic rings. The fourth-order valence-corrected chi connectivity index (χ4v) is 4.98. The van der Waals surface area contributed by atoms with Gasteiger partial charge in [-0.2, -0.15) is 0 Å². The normalized spacial score (nSPS) is 10.8. The maximum atomic E-state index is 13.0. The van der Waals surface area contributed by atoms with E-state index in [0.717, 1.165) is 9.20 Å². The largest absolute Gasteiger partial charge is 0.482 e. The minimum Gasteiger partial charge on any atom is -0.482 e. The predicted octanol–water partition coefficient (Wildman–Crippen LogP) is 3.75. The van der Waals surface area contributed by atoms with Gasteiger partial charge in [0.2, 0.25) is 5.91 Å². The first kappa shape index (κ1) is 28.5. The van der Waals surface area contributed by atoms with Crippen LogP contribution in [0, 0.1) is 0 Å². The second-order valence-corrected chi connectivity index (χ2v) is 10.7. The van der Waals surface area contributed by atoms with Crippen LogP contribution < -0.4 is 19.7 Å². The van der Waals surface area contributed by atoms with Gasteiger partial charge in [0.15, 0.2) is 13.2 Å². The van der Waals surface area contributed by atoms with E-state index in [4.69, 9.17) is 9.47 Å². The number of nitrogens with zero attached hydrogens (tertiary/aromatic N) is 1. The average molecular weight is 558 g/mol. The lowest BCUT2D eigenvalue weighted by Crippen LogP contribution is -2.26. The summed E-state index contributed by atoms with van der Waals surface area (Å²) in [6.45, 7) is 0.475. The van der Waals surface area contributed by atoms with Gasteiger partial charge in [-0.05, 0) is 66.9 Å². The summed E-state index contributed by atoms with van der Waals surface area (Å²) < 4.78 is 37.4. The number of rotatable bonds is 11. The van der Waals surface area contributed by atoms with E-state index in [1.165, 1.54) is 74.3 Å². The molecular formula is C26H27N3O7S2. The molecule has 12 heteroatoms. The maximum absolute atomic E-state index is 13.0. The molecule has 0 aliphatic heterocycles. The number of hydrogen-bond donors (Lipinski definition) is 2. The molecule has 2 amide bonds. The fourth-order valence-electron chi connectivity index (χ4n) is 3.23. The second kappa shape index (κ2) is 13.0.